The maximum atomic E-state index is 12.5. The van der Waals surface area contributed by atoms with Crippen molar-refractivity contribution in [3.05, 3.63) is 70.6 Å². The van der Waals surface area contributed by atoms with Crippen LogP contribution in [0.5, 0.6) is 0 Å². The van der Waals surface area contributed by atoms with Crippen molar-refractivity contribution in [2.45, 2.75) is 11.8 Å². The molecule has 0 aliphatic heterocycles. The quantitative estimate of drug-likeness (QED) is 0.550. The first-order chi connectivity index (χ1) is 11.9. The lowest BCUT2D eigenvalue weighted by Crippen LogP contribution is -2.13. The second kappa shape index (κ2) is 6.46. The Balaban J connectivity index is 1.98. The third-order valence-corrected chi connectivity index (χ3v) is 4.29. The highest BCUT2D eigenvalue weighted by atomic mass is 32.2. The first-order valence-corrected chi connectivity index (χ1v) is 8.66. The van der Waals surface area contributed by atoms with Crippen molar-refractivity contribution in [2.75, 3.05) is 0 Å². The zero-order valence-electron chi connectivity index (χ0n) is 13.1. The molecular weight excluding hydrogens is 344 g/mol. The molecule has 0 saturated heterocycles. The van der Waals surface area contributed by atoms with Crippen LogP contribution < -0.4 is 5.56 Å². The lowest BCUT2D eigenvalue weighted by atomic mass is 10.3. The Bertz CT molecular complexity index is 1100. The highest BCUT2D eigenvalue weighted by molar-refractivity contribution is 7.85. The van der Waals surface area contributed by atoms with Gasteiger partial charge in [0, 0.05) is 0 Å². The molecule has 25 heavy (non-hydrogen) atoms. The Kier molecular flexibility index (Phi) is 4.34. The van der Waals surface area contributed by atoms with E-state index in [1.807, 2.05) is 6.07 Å². The van der Waals surface area contributed by atoms with Crippen LogP contribution >= 0.6 is 0 Å². The smallest absolute Gasteiger partial charge is 0.293 e. The summed E-state index contributed by atoms with van der Waals surface area (Å²) in [5.74, 6) is 0. The number of azo groups is 1. The Morgan fingerprint density at radius 3 is 2.44 bits per heavy atom. The topological polar surface area (TPSA) is 117 Å². The Hall–Kier alpha value is -3.04. The highest BCUT2D eigenvalue weighted by Crippen LogP contribution is 2.21. The number of para-hydroxylation sites is 1. The van der Waals surface area contributed by atoms with Gasteiger partial charge in [-0.15, -0.1) is 5.11 Å². The van der Waals surface area contributed by atoms with E-state index in [-0.39, 0.29) is 21.8 Å². The van der Waals surface area contributed by atoms with Gasteiger partial charge in [-0.1, -0.05) is 24.3 Å². The SMILES string of the molecule is Cc1[nH]n(-c2ccccc2)c(=O)c1N=Nc1cccc(S(=O)(=O)O)c1. The number of benzene rings is 2. The Morgan fingerprint density at radius 2 is 1.76 bits per heavy atom. The highest BCUT2D eigenvalue weighted by Gasteiger charge is 2.12. The summed E-state index contributed by atoms with van der Waals surface area (Å²) in [5.41, 5.74) is 1.11. The van der Waals surface area contributed by atoms with Crippen molar-refractivity contribution < 1.29 is 13.0 Å². The van der Waals surface area contributed by atoms with Crippen LogP contribution in [0.15, 0.2) is 74.5 Å². The largest absolute Gasteiger partial charge is 0.299 e. The number of nitrogens with zero attached hydrogens (tertiary/aromatic N) is 3. The zero-order chi connectivity index (χ0) is 18.0. The third-order valence-electron chi connectivity index (χ3n) is 3.44. The number of hydrogen-bond acceptors (Lipinski definition) is 5. The summed E-state index contributed by atoms with van der Waals surface area (Å²) >= 11 is 0. The first kappa shape index (κ1) is 16.8. The predicted octanol–water partition coefficient (Wildman–Crippen LogP) is 3.14. The summed E-state index contributed by atoms with van der Waals surface area (Å²) in [5, 5.41) is 10.7. The number of aryl methyl sites for hydroxylation is 1. The fourth-order valence-electron chi connectivity index (χ4n) is 2.23. The van der Waals surface area contributed by atoms with E-state index in [9.17, 15) is 13.2 Å². The van der Waals surface area contributed by atoms with Gasteiger partial charge in [0.2, 0.25) is 0 Å². The van der Waals surface area contributed by atoms with Gasteiger partial charge in [0.25, 0.3) is 15.7 Å². The average molecular weight is 358 g/mol. The Labute approximate surface area is 143 Å². The molecule has 0 fully saturated rings. The number of H-pyrrole nitrogens is 1. The second-order valence-corrected chi connectivity index (χ2v) is 6.66. The molecule has 0 aliphatic carbocycles. The van der Waals surface area contributed by atoms with Crippen molar-refractivity contribution in [3.8, 4) is 5.69 Å². The van der Waals surface area contributed by atoms with Crippen LogP contribution in [0.1, 0.15) is 5.69 Å². The molecule has 0 spiro atoms. The van der Waals surface area contributed by atoms with Gasteiger partial charge >= 0.3 is 0 Å². The molecule has 1 heterocycles. The fourth-order valence-corrected chi connectivity index (χ4v) is 2.75. The molecule has 2 aromatic carbocycles. The summed E-state index contributed by atoms with van der Waals surface area (Å²) in [6.07, 6.45) is 0. The minimum atomic E-state index is -4.33. The van der Waals surface area contributed by atoms with Gasteiger partial charge in [-0.25, -0.2) is 4.68 Å². The molecule has 0 bridgehead atoms. The maximum absolute atomic E-state index is 12.5. The van der Waals surface area contributed by atoms with E-state index in [4.69, 9.17) is 4.55 Å². The fraction of sp³-hybridized carbons (Fsp3) is 0.0625. The van der Waals surface area contributed by atoms with Crippen LogP contribution in [0.2, 0.25) is 0 Å². The number of aromatic amines is 1. The summed E-state index contributed by atoms with van der Waals surface area (Å²) in [4.78, 5) is 12.2. The van der Waals surface area contributed by atoms with E-state index in [0.29, 0.717) is 11.4 Å². The van der Waals surface area contributed by atoms with Gasteiger partial charge in [-0.2, -0.15) is 13.5 Å². The number of aromatic nitrogens is 2. The van der Waals surface area contributed by atoms with Crippen molar-refractivity contribution in [1.82, 2.24) is 9.78 Å². The monoisotopic (exact) mass is 358 g/mol. The van der Waals surface area contributed by atoms with Crippen molar-refractivity contribution in [3.63, 3.8) is 0 Å². The van der Waals surface area contributed by atoms with Crippen LogP contribution in [0, 0.1) is 6.92 Å². The standard InChI is InChI=1S/C16H14N4O4S/c1-11-15(16(21)20(19-11)13-7-3-2-4-8-13)18-17-12-6-5-9-14(10-12)25(22,23)24/h2-10,19H,1H3,(H,22,23,24). The lowest BCUT2D eigenvalue weighted by molar-refractivity contribution is 0.483. The van der Waals surface area contributed by atoms with Crippen molar-refractivity contribution >= 4 is 21.5 Å². The molecule has 1 aromatic heterocycles. The van der Waals surface area contributed by atoms with Crippen molar-refractivity contribution in [1.29, 1.82) is 0 Å². The molecule has 128 valence electrons. The van der Waals surface area contributed by atoms with E-state index in [1.165, 1.54) is 22.9 Å². The summed E-state index contributed by atoms with van der Waals surface area (Å²) in [6.45, 7) is 1.68. The molecule has 2 N–H and O–H groups in total. The summed E-state index contributed by atoms with van der Waals surface area (Å²) < 4.78 is 32.7. The molecule has 0 amide bonds. The minimum Gasteiger partial charge on any atom is -0.293 e. The molecule has 8 nitrogen and oxygen atoms in total. The maximum Gasteiger partial charge on any atom is 0.299 e. The predicted molar refractivity (Wildman–Crippen MR) is 91.6 cm³/mol. The van der Waals surface area contributed by atoms with Crippen LogP contribution in [-0.2, 0) is 10.1 Å². The number of nitrogens with one attached hydrogen (secondary N) is 1. The first-order valence-electron chi connectivity index (χ1n) is 7.22. The Morgan fingerprint density at radius 1 is 1.04 bits per heavy atom. The normalized spacial score (nSPS) is 11.9. The van der Waals surface area contributed by atoms with E-state index in [2.05, 4.69) is 15.3 Å². The van der Waals surface area contributed by atoms with E-state index >= 15 is 0 Å². The molecule has 0 aliphatic rings. The minimum absolute atomic E-state index is 0.112. The van der Waals surface area contributed by atoms with E-state index in [1.54, 1.807) is 31.2 Å². The van der Waals surface area contributed by atoms with Gasteiger partial charge in [0.05, 0.1) is 22.0 Å². The van der Waals surface area contributed by atoms with Gasteiger partial charge in [-0.05, 0) is 37.3 Å². The lowest BCUT2D eigenvalue weighted by Gasteiger charge is -1.99. The molecule has 0 atom stereocenters. The molecule has 0 unspecified atom stereocenters. The summed E-state index contributed by atoms with van der Waals surface area (Å²) in [6, 6.07) is 14.3. The van der Waals surface area contributed by atoms with Crippen LogP contribution in [-0.4, -0.2) is 22.8 Å². The van der Waals surface area contributed by atoms with E-state index < -0.39 is 10.1 Å². The molecule has 0 saturated carbocycles. The van der Waals surface area contributed by atoms with Crippen LogP contribution in [0.25, 0.3) is 5.69 Å². The van der Waals surface area contributed by atoms with Gasteiger partial charge in [-0.3, -0.25) is 14.4 Å². The van der Waals surface area contributed by atoms with Gasteiger partial charge in [0.15, 0.2) is 5.69 Å². The number of rotatable bonds is 4. The third kappa shape index (κ3) is 3.57. The molecular formula is C16H14N4O4S. The van der Waals surface area contributed by atoms with Crippen LogP contribution in [0.3, 0.4) is 0 Å². The number of hydrogen-bond donors (Lipinski definition) is 2. The zero-order valence-corrected chi connectivity index (χ0v) is 13.9. The summed E-state index contributed by atoms with van der Waals surface area (Å²) in [7, 11) is -4.33. The van der Waals surface area contributed by atoms with Gasteiger partial charge in [0.1, 0.15) is 0 Å². The molecule has 3 rings (SSSR count). The van der Waals surface area contributed by atoms with Gasteiger partial charge < -0.3 is 0 Å². The molecule has 3 aromatic rings. The van der Waals surface area contributed by atoms with Crippen molar-refractivity contribution in [2.24, 2.45) is 10.2 Å². The molecule has 0 radical (unpaired) electrons. The van der Waals surface area contributed by atoms with Crippen LogP contribution in [0.4, 0.5) is 11.4 Å². The molecule has 9 heteroatoms. The van der Waals surface area contributed by atoms with E-state index in [0.717, 1.165) is 6.07 Å². The second-order valence-electron chi connectivity index (χ2n) is 5.23. The average Bonchev–Trinajstić information content (AvgIpc) is 2.88.